The van der Waals surface area contributed by atoms with Crippen molar-refractivity contribution in [3.05, 3.63) is 258 Å². The molecule has 0 saturated carbocycles. The molecule has 8 aromatic rings. The number of nitrogens with two attached hydrogens (primary N) is 3. The van der Waals surface area contributed by atoms with Crippen molar-refractivity contribution in [2.75, 3.05) is 0 Å². The molecule has 2 heterocycles. The van der Waals surface area contributed by atoms with Crippen LogP contribution in [0, 0.1) is 34.9 Å². The van der Waals surface area contributed by atoms with Crippen LogP contribution in [0.4, 0.5) is 26.3 Å². The normalized spacial score (nSPS) is 12.8. The zero-order valence-corrected chi connectivity index (χ0v) is 46.0. The molecule has 2 aliphatic carbocycles. The Morgan fingerprint density at radius 2 is 0.975 bits per heavy atom. The molecule has 0 fully saturated rings. The lowest BCUT2D eigenvalue weighted by atomic mass is 9.85. The molecular formula is C63H49Br2F6N5O5. The molecule has 81 heavy (non-hydrogen) atoms. The summed E-state index contributed by atoms with van der Waals surface area (Å²) in [4.78, 5) is 56.1. The topological polar surface area (TPSA) is 192 Å². The van der Waals surface area contributed by atoms with E-state index >= 15 is 0 Å². The van der Waals surface area contributed by atoms with Gasteiger partial charge < -0.3 is 22.3 Å². The first-order valence-corrected chi connectivity index (χ1v) is 26.7. The number of Topliss-reactive ketones (excluding diaryl/α,β-unsaturated/α-hetero) is 1. The van der Waals surface area contributed by atoms with Gasteiger partial charge in [0.05, 0.1) is 35.0 Å². The number of benzene rings is 6. The zero-order valence-electron chi connectivity index (χ0n) is 42.8. The molecule has 7 N–H and O–H groups in total. The second-order valence-electron chi connectivity index (χ2n) is 19.2. The maximum absolute atomic E-state index is 14.2. The number of nitrogens with zero attached hydrogens (tertiary/aromatic N) is 2. The molecule has 0 unspecified atom stereocenters. The van der Waals surface area contributed by atoms with Crippen LogP contribution < -0.4 is 17.2 Å². The lowest BCUT2D eigenvalue weighted by Crippen LogP contribution is -2.17. The van der Waals surface area contributed by atoms with Crippen LogP contribution in [0.1, 0.15) is 96.7 Å². The number of amides is 2. The minimum atomic E-state index is -0.913. The van der Waals surface area contributed by atoms with Gasteiger partial charge in [0.15, 0.2) is 0 Å². The Labute approximate surface area is 478 Å². The first-order valence-electron chi connectivity index (χ1n) is 25.1. The van der Waals surface area contributed by atoms with Crippen molar-refractivity contribution in [2.24, 2.45) is 17.2 Å². The summed E-state index contributed by atoms with van der Waals surface area (Å²) in [6.45, 7) is 0. The average molecular weight is 1230 g/mol. The van der Waals surface area contributed by atoms with Crippen LogP contribution in [0.3, 0.4) is 0 Å². The number of fused-ring (bicyclic) bond motifs is 2. The van der Waals surface area contributed by atoms with Crippen molar-refractivity contribution >= 4 is 66.6 Å². The number of pyridine rings is 2. The van der Waals surface area contributed by atoms with Gasteiger partial charge >= 0.3 is 5.97 Å². The molecule has 6 aromatic carbocycles. The highest BCUT2D eigenvalue weighted by atomic mass is 79.9. The summed E-state index contributed by atoms with van der Waals surface area (Å²) in [7, 11) is 0. The van der Waals surface area contributed by atoms with Crippen LogP contribution in [0.2, 0.25) is 0 Å². The van der Waals surface area contributed by atoms with Crippen LogP contribution in [0.5, 0.6) is 0 Å². The van der Waals surface area contributed by atoms with Crippen LogP contribution in [-0.4, -0.2) is 38.6 Å². The summed E-state index contributed by atoms with van der Waals surface area (Å²) in [5.41, 5.74) is 26.4. The SMILES string of the molecule is NC(=O)c1cc(-c2cccnc2[C@@H](CC(=O)CC2=CCc3ccc(Br)cc32)Cc2cc(F)cc(F)c2)ccc1F.NC(=O)c1cc(-c2cccnc2[C@@H](N)Cc2cc(F)cc(F)c2)ccc1F.O=C(O)CC1=CCc2ccc(Br)cc21. The highest BCUT2D eigenvalue weighted by Crippen LogP contribution is 2.38. The average Bonchev–Trinajstić information content (AvgIpc) is 4.17. The third-order valence-corrected chi connectivity index (χ3v) is 14.4. The third-order valence-electron chi connectivity index (χ3n) is 13.5. The molecule has 2 atom stereocenters. The largest absolute Gasteiger partial charge is 0.481 e. The Morgan fingerprint density at radius 1 is 0.531 bits per heavy atom. The molecular weight excluding hydrogens is 1180 g/mol. The molecule has 10 nitrogen and oxygen atoms in total. The Morgan fingerprint density at radius 3 is 1.44 bits per heavy atom. The standard InChI is InChI=1S/C32H24BrF3N2O2.C20H16F3N3O.C11H9BrO2/c33-23-7-5-19-3-4-20(28(19)16-23)13-26(39)14-22(10-18-11-24(34)17-25(35)12-18)31-27(2-1-9-38-31)21-6-8-30(36)29(15-21)32(37)40;21-13-6-11(7-14(22)10-13)8-18(24)19-15(2-1-5-26-19)12-3-4-17(23)16(9-12)20(25)27;12-9-4-3-7-1-2-8(5-11(13)14)10(7)6-9/h1-2,4-9,11-12,15-17,22H,3,10,13-14H2,(H2,37,40);1-7,9-10,18H,8,24H2,(H2,25,27);2-4,6H,1,5H2,(H,13,14)/t22-;18-;/m10./s1. The number of carboxylic acids is 1. The number of primary amides is 2. The molecule has 0 aliphatic heterocycles. The van der Waals surface area contributed by atoms with E-state index in [0.29, 0.717) is 44.8 Å². The van der Waals surface area contributed by atoms with Crippen molar-refractivity contribution in [3.63, 3.8) is 0 Å². The number of aromatic nitrogens is 2. The maximum atomic E-state index is 14.2. The molecule has 0 radical (unpaired) electrons. The first kappa shape index (κ1) is 58.8. The number of hydrogen-bond donors (Lipinski definition) is 4. The third kappa shape index (κ3) is 15.1. The summed E-state index contributed by atoms with van der Waals surface area (Å²) in [5, 5.41) is 8.72. The van der Waals surface area contributed by atoms with Gasteiger partial charge in [0.25, 0.3) is 11.8 Å². The van der Waals surface area contributed by atoms with E-state index in [1.165, 1.54) is 60.3 Å². The quantitative estimate of drug-likeness (QED) is 0.0687. The van der Waals surface area contributed by atoms with E-state index in [-0.39, 0.29) is 49.0 Å². The van der Waals surface area contributed by atoms with E-state index in [0.717, 1.165) is 73.9 Å². The molecule has 2 aromatic heterocycles. The number of carbonyl (C=O) groups is 4. The van der Waals surface area contributed by atoms with Gasteiger partial charge in [0, 0.05) is 63.4 Å². The second-order valence-corrected chi connectivity index (χ2v) is 21.0. The van der Waals surface area contributed by atoms with E-state index in [1.54, 1.807) is 30.5 Å². The van der Waals surface area contributed by atoms with Crippen LogP contribution in [0.25, 0.3) is 33.4 Å². The summed E-state index contributed by atoms with van der Waals surface area (Å²) >= 11 is 6.88. The van der Waals surface area contributed by atoms with E-state index in [4.69, 9.17) is 22.3 Å². The van der Waals surface area contributed by atoms with Crippen molar-refractivity contribution in [2.45, 2.75) is 56.9 Å². The number of allylic oxidation sites excluding steroid dienone is 3. The molecule has 412 valence electrons. The van der Waals surface area contributed by atoms with Crippen molar-refractivity contribution < 1.29 is 50.6 Å². The van der Waals surface area contributed by atoms with Gasteiger partial charge in [-0.2, -0.15) is 0 Å². The molecule has 0 spiro atoms. The molecule has 10 rings (SSSR count). The van der Waals surface area contributed by atoms with Crippen molar-refractivity contribution in [1.82, 2.24) is 9.97 Å². The Balaban J connectivity index is 0.000000179. The summed E-state index contributed by atoms with van der Waals surface area (Å²) in [6.07, 6.45) is 9.36. The van der Waals surface area contributed by atoms with Gasteiger partial charge in [-0.15, -0.1) is 0 Å². The second kappa shape index (κ2) is 26.3. The van der Waals surface area contributed by atoms with E-state index in [1.807, 2.05) is 48.6 Å². The lowest BCUT2D eigenvalue weighted by molar-refractivity contribution is -0.135. The Bertz CT molecular complexity index is 3780. The lowest BCUT2D eigenvalue weighted by Gasteiger charge is -2.20. The number of halogens is 8. The highest BCUT2D eigenvalue weighted by Gasteiger charge is 2.26. The van der Waals surface area contributed by atoms with Gasteiger partial charge in [-0.3, -0.25) is 29.1 Å². The molecule has 18 heteroatoms. The minimum absolute atomic E-state index is 0.0483. The van der Waals surface area contributed by atoms with E-state index in [2.05, 4.69) is 41.8 Å². The van der Waals surface area contributed by atoms with Gasteiger partial charge in [-0.25, -0.2) is 26.3 Å². The van der Waals surface area contributed by atoms with Crippen LogP contribution >= 0.6 is 31.9 Å². The number of hydrogen-bond acceptors (Lipinski definition) is 7. The number of rotatable bonds is 16. The summed E-state index contributed by atoms with van der Waals surface area (Å²) in [5.74, 6) is -7.49. The summed E-state index contributed by atoms with van der Waals surface area (Å²) < 4.78 is 84.8. The van der Waals surface area contributed by atoms with E-state index < -0.39 is 64.6 Å². The molecule has 2 amide bonds. The smallest absolute Gasteiger partial charge is 0.307 e. The predicted molar refractivity (Wildman–Crippen MR) is 304 cm³/mol. The Kier molecular flexibility index (Phi) is 19.1. The monoisotopic (exact) mass is 1230 g/mol. The highest BCUT2D eigenvalue weighted by molar-refractivity contribution is 9.10. The number of carbonyl (C=O) groups excluding carboxylic acids is 3. The van der Waals surface area contributed by atoms with Gasteiger partial charge in [0.1, 0.15) is 40.7 Å². The fraction of sp³-hybridized carbons (Fsp3) is 0.143. The number of aliphatic carboxylic acids is 1. The molecule has 0 saturated heterocycles. The Hall–Kier alpha value is -8.32. The summed E-state index contributed by atoms with van der Waals surface area (Å²) in [6, 6.07) is 32.5. The first-order chi connectivity index (χ1) is 38.7. The maximum Gasteiger partial charge on any atom is 0.307 e. The zero-order chi connectivity index (χ0) is 58.1. The van der Waals surface area contributed by atoms with Crippen molar-refractivity contribution in [1.29, 1.82) is 0 Å². The minimum Gasteiger partial charge on any atom is -0.481 e. The number of carboxylic acid groups (broad SMARTS) is 1. The molecule has 0 bridgehead atoms. The fourth-order valence-corrected chi connectivity index (χ4v) is 10.6. The van der Waals surface area contributed by atoms with Crippen molar-refractivity contribution in [3.8, 4) is 22.3 Å². The van der Waals surface area contributed by atoms with Gasteiger partial charge in [-0.05, 0) is 166 Å². The van der Waals surface area contributed by atoms with Crippen LogP contribution in [-0.2, 0) is 35.3 Å². The van der Waals surface area contributed by atoms with Gasteiger partial charge in [-0.1, -0.05) is 80.4 Å². The van der Waals surface area contributed by atoms with E-state index in [9.17, 15) is 45.5 Å². The molecule has 2 aliphatic rings. The van der Waals surface area contributed by atoms with Gasteiger partial charge in [0.2, 0.25) is 0 Å². The fourth-order valence-electron chi connectivity index (χ4n) is 9.86. The predicted octanol–water partition coefficient (Wildman–Crippen LogP) is 13.7. The number of ketones is 1. The van der Waals surface area contributed by atoms with Crippen LogP contribution in [0.15, 0.2) is 167 Å².